The van der Waals surface area contributed by atoms with Crippen LogP contribution < -0.4 is 4.74 Å². The van der Waals surface area contributed by atoms with E-state index in [1.54, 1.807) is 38.3 Å². The largest absolute Gasteiger partial charge is 0.497 e. The van der Waals surface area contributed by atoms with Gasteiger partial charge >= 0.3 is 5.97 Å². The van der Waals surface area contributed by atoms with Gasteiger partial charge in [0.2, 0.25) is 0 Å². The van der Waals surface area contributed by atoms with E-state index in [1.165, 1.54) is 25.3 Å². The van der Waals surface area contributed by atoms with Crippen molar-refractivity contribution in [1.82, 2.24) is 5.06 Å². The highest BCUT2D eigenvalue weighted by Crippen LogP contribution is 2.14. The van der Waals surface area contributed by atoms with E-state index < -0.39 is 5.97 Å². The number of ether oxygens (including phenoxy) is 2. The van der Waals surface area contributed by atoms with Gasteiger partial charge in [-0.1, -0.05) is 0 Å². The van der Waals surface area contributed by atoms with Gasteiger partial charge in [0.05, 0.1) is 20.8 Å². The summed E-state index contributed by atoms with van der Waals surface area (Å²) in [6, 6.07) is 6.58. The number of allylic oxidation sites excluding steroid dienone is 1. The van der Waals surface area contributed by atoms with Crippen LogP contribution in [0.15, 0.2) is 36.0 Å². The van der Waals surface area contributed by atoms with Gasteiger partial charge in [-0.25, -0.2) is 4.79 Å². The normalized spacial score (nSPS) is 11.0. The summed E-state index contributed by atoms with van der Waals surface area (Å²) in [4.78, 5) is 28.9. The van der Waals surface area contributed by atoms with E-state index in [4.69, 9.17) is 14.3 Å². The van der Waals surface area contributed by atoms with Gasteiger partial charge in [-0.15, -0.1) is 0 Å². The molecule has 0 radical (unpaired) electrons. The zero-order valence-corrected chi connectivity index (χ0v) is 12.6. The average molecular weight is 293 g/mol. The van der Waals surface area contributed by atoms with Gasteiger partial charge in [0.1, 0.15) is 5.75 Å². The Balaban J connectivity index is 3.01. The minimum absolute atomic E-state index is 0.0279. The van der Waals surface area contributed by atoms with Crippen LogP contribution in [0.2, 0.25) is 0 Å². The molecule has 1 rings (SSSR count). The first kappa shape index (κ1) is 16.7. The molecule has 0 aliphatic heterocycles. The van der Waals surface area contributed by atoms with E-state index in [0.29, 0.717) is 11.3 Å². The van der Waals surface area contributed by atoms with Crippen LogP contribution in [0.4, 0.5) is 0 Å². The van der Waals surface area contributed by atoms with Crippen LogP contribution in [-0.2, 0) is 14.4 Å². The highest BCUT2D eigenvalue weighted by Gasteiger charge is 2.18. The molecule has 0 spiro atoms. The lowest BCUT2D eigenvalue weighted by atomic mass is 10.1. The maximum atomic E-state index is 12.2. The Bertz CT molecular complexity index is 521. The molecule has 0 aliphatic rings. The Labute approximate surface area is 123 Å². The molecule has 1 aromatic carbocycles. The monoisotopic (exact) mass is 293 g/mol. The first-order valence-corrected chi connectivity index (χ1v) is 6.38. The number of benzene rings is 1. The summed E-state index contributed by atoms with van der Waals surface area (Å²) in [5.74, 6) is -0.302. The first-order chi connectivity index (χ1) is 10.0. The second-order valence-electron chi connectivity index (χ2n) is 4.02. The zero-order chi connectivity index (χ0) is 15.8. The second-order valence-corrected chi connectivity index (χ2v) is 4.02. The Morgan fingerprint density at radius 1 is 1.19 bits per heavy atom. The lowest BCUT2D eigenvalue weighted by Crippen LogP contribution is -2.25. The Morgan fingerprint density at radius 3 is 2.29 bits per heavy atom. The Morgan fingerprint density at radius 2 is 1.81 bits per heavy atom. The second kappa shape index (κ2) is 8.06. The van der Waals surface area contributed by atoms with Crippen molar-refractivity contribution in [2.75, 3.05) is 27.9 Å². The molecule has 114 valence electrons. The van der Waals surface area contributed by atoms with Crippen LogP contribution in [0, 0.1) is 0 Å². The molecule has 0 N–H and O–H groups in total. The number of methoxy groups -OCH3 is 1. The summed E-state index contributed by atoms with van der Waals surface area (Å²) in [7, 11) is 4.46. The number of carbonyl (C=O) groups is 2. The number of ketones is 1. The third-order valence-electron chi connectivity index (χ3n) is 2.74. The first-order valence-electron chi connectivity index (χ1n) is 6.38. The van der Waals surface area contributed by atoms with E-state index in [2.05, 4.69) is 0 Å². The van der Waals surface area contributed by atoms with Crippen molar-refractivity contribution in [3.63, 3.8) is 0 Å². The fraction of sp³-hybridized carbons (Fsp3) is 0.333. The summed E-state index contributed by atoms with van der Waals surface area (Å²) >= 11 is 0. The van der Waals surface area contributed by atoms with Crippen LogP contribution >= 0.6 is 0 Å². The average Bonchev–Trinajstić information content (AvgIpc) is 2.51. The highest BCUT2D eigenvalue weighted by atomic mass is 16.7. The molecule has 0 bridgehead atoms. The number of likely N-dealkylation sites (N-methyl/N-ethyl adjacent to an activating group) is 1. The van der Waals surface area contributed by atoms with E-state index in [1.807, 2.05) is 0 Å². The molecular formula is C15H19NO5. The minimum atomic E-state index is -0.622. The van der Waals surface area contributed by atoms with Gasteiger partial charge in [-0.05, 0) is 31.2 Å². The van der Waals surface area contributed by atoms with Gasteiger partial charge in [-0.3, -0.25) is 14.7 Å². The van der Waals surface area contributed by atoms with Gasteiger partial charge in [-0.2, -0.15) is 0 Å². The molecule has 0 amide bonds. The smallest absolute Gasteiger partial charge is 0.357 e. The summed E-state index contributed by atoms with van der Waals surface area (Å²) in [6.07, 6.45) is 1.18. The van der Waals surface area contributed by atoms with Crippen molar-refractivity contribution in [2.45, 2.75) is 6.92 Å². The standard InChI is InChI=1S/C15H19NO5/c1-5-21-15(18)13(16(2)20-4)10-14(17)11-6-8-12(19-3)9-7-11/h6-10H,5H2,1-4H3/b13-10-. The van der Waals surface area contributed by atoms with Gasteiger partial charge in [0, 0.05) is 18.7 Å². The number of esters is 1. The quantitative estimate of drug-likeness (QED) is 0.331. The lowest BCUT2D eigenvalue weighted by molar-refractivity contribution is -0.149. The zero-order valence-electron chi connectivity index (χ0n) is 12.6. The molecule has 0 aliphatic carbocycles. The lowest BCUT2D eigenvalue weighted by Gasteiger charge is -2.17. The number of hydrogen-bond donors (Lipinski definition) is 0. The van der Waals surface area contributed by atoms with Crippen molar-refractivity contribution < 1.29 is 23.9 Å². The van der Waals surface area contributed by atoms with Crippen LogP contribution in [-0.4, -0.2) is 44.7 Å². The van der Waals surface area contributed by atoms with Crippen LogP contribution in [0.25, 0.3) is 0 Å². The van der Waals surface area contributed by atoms with E-state index in [9.17, 15) is 9.59 Å². The molecular weight excluding hydrogens is 274 g/mol. The third-order valence-corrected chi connectivity index (χ3v) is 2.74. The van der Waals surface area contributed by atoms with Crippen molar-refractivity contribution in [3.8, 4) is 5.75 Å². The van der Waals surface area contributed by atoms with Crippen LogP contribution in [0.3, 0.4) is 0 Å². The molecule has 0 unspecified atom stereocenters. The van der Waals surface area contributed by atoms with Crippen molar-refractivity contribution >= 4 is 11.8 Å². The molecule has 0 fully saturated rings. The maximum Gasteiger partial charge on any atom is 0.357 e. The minimum Gasteiger partial charge on any atom is -0.497 e. The predicted octanol–water partition coefficient (Wildman–Crippen LogP) is 1.82. The summed E-state index contributed by atoms with van der Waals surface area (Å²) in [5.41, 5.74) is 0.460. The number of nitrogens with zero attached hydrogens (tertiary/aromatic N) is 1. The van der Waals surface area contributed by atoms with Crippen molar-refractivity contribution in [3.05, 3.63) is 41.6 Å². The summed E-state index contributed by atoms with van der Waals surface area (Å²) in [6.45, 7) is 1.90. The number of hydroxylamine groups is 2. The Kier molecular flexibility index (Phi) is 6.42. The fourth-order valence-corrected chi connectivity index (χ4v) is 1.54. The maximum absolute atomic E-state index is 12.2. The molecule has 0 heterocycles. The van der Waals surface area contributed by atoms with E-state index in [-0.39, 0.29) is 18.1 Å². The van der Waals surface area contributed by atoms with Gasteiger partial charge in [0.25, 0.3) is 0 Å². The van der Waals surface area contributed by atoms with E-state index in [0.717, 1.165) is 0 Å². The third kappa shape index (κ3) is 4.61. The van der Waals surface area contributed by atoms with E-state index >= 15 is 0 Å². The Hall–Kier alpha value is -2.34. The molecule has 0 saturated carbocycles. The van der Waals surface area contributed by atoms with Gasteiger partial charge in [0.15, 0.2) is 11.5 Å². The van der Waals surface area contributed by atoms with Gasteiger partial charge < -0.3 is 9.47 Å². The molecule has 1 aromatic rings. The molecule has 6 heteroatoms. The molecule has 0 saturated heterocycles. The summed E-state index contributed by atoms with van der Waals surface area (Å²) < 4.78 is 9.93. The predicted molar refractivity (Wildman–Crippen MR) is 76.8 cm³/mol. The molecule has 21 heavy (non-hydrogen) atoms. The summed E-state index contributed by atoms with van der Waals surface area (Å²) in [5, 5.41) is 1.18. The highest BCUT2D eigenvalue weighted by molar-refractivity contribution is 6.08. The number of hydrogen-bond acceptors (Lipinski definition) is 6. The molecule has 6 nitrogen and oxygen atoms in total. The SMILES string of the molecule is CCOC(=O)/C(=C/C(=O)c1ccc(OC)cc1)N(C)OC. The van der Waals surface area contributed by atoms with Crippen LogP contribution in [0.5, 0.6) is 5.75 Å². The fourth-order valence-electron chi connectivity index (χ4n) is 1.54. The number of rotatable bonds is 7. The van der Waals surface area contributed by atoms with Crippen molar-refractivity contribution in [2.24, 2.45) is 0 Å². The van der Waals surface area contributed by atoms with Crippen LogP contribution in [0.1, 0.15) is 17.3 Å². The number of carbonyl (C=O) groups excluding carboxylic acids is 2. The molecule has 0 aromatic heterocycles. The topological polar surface area (TPSA) is 65.1 Å². The molecule has 0 atom stereocenters. The van der Waals surface area contributed by atoms with Crippen molar-refractivity contribution in [1.29, 1.82) is 0 Å².